The van der Waals surface area contributed by atoms with Gasteiger partial charge in [0.2, 0.25) is 5.91 Å². The highest BCUT2D eigenvalue weighted by Gasteiger charge is 2.52. The van der Waals surface area contributed by atoms with Gasteiger partial charge in [-0.25, -0.2) is 4.98 Å². The van der Waals surface area contributed by atoms with Crippen molar-refractivity contribution in [2.24, 2.45) is 7.05 Å². The second kappa shape index (κ2) is 7.05. The monoisotopic (exact) mass is 386 g/mol. The molecule has 0 saturated carbocycles. The number of imidazole rings is 1. The average Bonchev–Trinajstić information content (AvgIpc) is 3.42. The molecule has 4 rings (SSSR count). The van der Waals surface area contributed by atoms with Gasteiger partial charge in [0.25, 0.3) is 5.91 Å². The van der Waals surface area contributed by atoms with E-state index in [1.807, 2.05) is 23.4 Å². The number of ether oxygens (including phenoxy) is 1. The lowest BCUT2D eigenvalue weighted by Gasteiger charge is -2.43. The van der Waals surface area contributed by atoms with Gasteiger partial charge >= 0.3 is 0 Å². The van der Waals surface area contributed by atoms with Crippen molar-refractivity contribution in [1.29, 1.82) is 0 Å². The van der Waals surface area contributed by atoms with Crippen LogP contribution in [-0.4, -0.2) is 74.3 Å². The van der Waals surface area contributed by atoms with Crippen LogP contribution in [0.3, 0.4) is 0 Å². The Hall–Kier alpha value is -2.68. The Morgan fingerprint density at radius 2 is 2.14 bits per heavy atom. The maximum Gasteiger partial charge on any atom is 0.257 e. The molecule has 0 bridgehead atoms. The molecule has 9 nitrogen and oxygen atoms in total. The molecule has 1 unspecified atom stereocenters. The first-order valence-electron chi connectivity index (χ1n) is 9.62. The zero-order valence-corrected chi connectivity index (χ0v) is 16.6. The maximum absolute atomic E-state index is 13.4. The molecule has 1 spiro atoms. The van der Waals surface area contributed by atoms with Gasteiger partial charge in [0.1, 0.15) is 12.1 Å². The number of aryl methyl sites for hydroxylation is 2. The summed E-state index contributed by atoms with van der Waals surface area (Å²) in [5, 5.41) is 4.25. The molecule has 4 heterocycles. The topological polar surface area (TPSA) is 85.5 Å². The number of fused-ring (bicyclic) bond motifs is 2. The number of hydrogen-bond acceptors (Lipinski definition) is 5. The normalized spacial score (nSPS) is 21.4. The van der Waals surface area contributed by atoms with Crippen molar-refractivity contribution in [2.45, 2.75) is 31.8 Å². The second-order valence-electron chi connectivity index (χ2n) is 7.47. The van der Waals surface area contributed by atoms with Gasteiger partial charge in [-0.05, 0) is 13.3 Å². The molecule has 0 radical (unpaired) electrons. The fourth-order valence-electron chi connectivity index (χ4n) is 4.43. The standard InChI is InChI=1S/C19H26N6O3/c1-4-24-10-14(9-21-24)18(27)25-7-5-15-17(20-13-22(15)2)19(25)6-8-23(12-19)16(26)11-28-3/h9-10,13H,4-8,11-12H2,1-3H3. The predicted octanol–water partition coefficient (Wildman–Crippen LogP) is 0.409. The molecule has 9 heteroatoms. The molecule has 150 valence electrons. The van der Waals surface area contributed by atoms with Gasteiger partial charge < -0.3 is 19.1 Å². The van der Waals surface area contributed by atoms with Crippen LogP contribution in [0, 0.1) is 0 Å². The Balaban J connectivity index is 1.72. The number of carbonyl (C=O) groups excluding carboxylic acids is 2. The van der Waals surface area contributed by atoms with Crippen LogP contribution >= 0.6 is 0 Å². The highest BCUT2D eigenvalue weighted by Crippen LogP contribution is 2.42. The number of amides is 2. The third-order valence-electron chi connectivity index (χ3n) is 5.91. The molecule has 2 aromatic heterocycles. The lowest BCUT2D eigenvalue weighted by Crippen LogP contribution is -2.55. The van der Waals surface area contributed by atoms with Crippen LogP contribution < -0.4 is 0 Å². The average molecular weight is 386 g/mol. The number of methoxy groups -OCH3 is 1. The lowest BCUT2D eigenvalue weighted by atomic mass is 9.85. The van der Waals surface area contributed by atoms with E-state index in [0.717, 1.165) is 17.8 Å². The third kappa shape index (κ3) is 2.81. The van der Waals surface area contributed by atoms with E-state index in [9.17, 15) is 9.59 Å². The van der Waals surface area contributed by atoms with Crippen LogP contribution in [-0.2, 0) is 35.1 Å². The number of carbonyl (C=O) groups is 2. The minimum atomic E-state index is -0.607. The SMILES string of the molecule is CCn1cc(C(=O)N2CCc3c(ncn3C)C23CCN(C(=O)COC)C3)cn1. The summed E-state index contributed by atoms with van der Waals surface area (Å²) in [4.78, 5) is 34.2. The van der Waals surface area contributed by atoms with Crippen molar-refractivity contribution in [3.05, 3.63) is 35.7 Å². The first kappa shape index (κ1) is 18.7. The van der Waals surface area contributed by atoms with Crippen molar-refractivity contribution in [2.75, 3.05) is 33.4 Å². The highest BCUT2D eigenvalue weighted by atomic mass is 16.5. The summed E-state index contributed by atoms with van der Waals surface area (Å²) in [5.41, 5.74) is 2.01. The molecule has 2 aliphatic rings. The molecule has 1 saturated heterocycles. The molecule has 0 N–H and O–H groups in total. The van der Waals surface area contributed by atoms with Crippen molar-refractivity contribution in [1.82, 2.24) is 29.1 Å². The van der Waals surface area contributed by atoms with E-state index >= 15 is 0 Å². The molecule has 28 heavy (non-hydrogen) atoms. The third-order valence-corrected chi connectivity index (χ3v) is 5.91. The zero-order valence-electron chi connectivity index (χ0n) is 16.6. The van der Waals surface area contributed by atoms with Crippen LogP contribution in [0.5, 0.6) is 0 Å². The second-order valence-corrected chi connectivity index (χ2v) is 7.47. The molecule has 1 fully saturated rings. The van der Waals surface area contributed by atoms with E-state index < -0.39 is 5.54 Å². The van der Waals surface area contributed by atoms with Crippen LogP contribution in [0.15, 0.2) is 18.7 Å². The minimum absolute atomic E-state index is 0.0440. The molecular weight excluding hydrogens is 360 g/mol. The highest BCUT2D eigenvalue weighted by molar-refractivity contribution is 5.94. The number of aromatic nitrogens is 4. The molecule has 2 amide bonds. The van der Waals surface area contributed by atoms with E-state index in [1.54, 1.807) is 28.3 Å². The summed E-state index contributed by atoms with van der Waals surface area (Å²) < 4.78 is 8.79. The van der Waals surface area contributed by atoms with E-state index in [0.29, 0.717) is 38.2 Å². The van der Waals surface area contributed by atoms with Gasteiger partial charge in [-0.15, -0.1) is 0 Å². The van der Waals surface area contributed by atoms with Gasteiger partial charge in [-0.1, -0.05) is 0 Å². The van der Waals surface area contributed by atoms with Crippen LogP contribution in [0.2, 0.25) is 0 Å². The smallest absolute Gasteiger partial charge is 0.257 e. The largest absolute Gasteiger partial charge is 0.375 e. The summed E-state index contributed by atoms with van der Waals surface area (Å²) in [6.07, 6.45) is 6.62. The Bertz CT molecular complexity index is 903. The van der Waals surface area contributed by atoms with Crippen LogP contribution in [0.4, 0.5) is 0 Å². The van der Waals surface area contributed by atoms with Gasteiger partial charge in [-0.3, -0.25) is 14.3 Å². The summed E-state index contributed by atoms with van der Waals surface area (Å²) in [5.74, 6) is -0.120. The van der Waals surface area contributed by atoms with E-state index in [4.69, 9.17) is 4.74 Å². The molecule has 1 atom stereocenters. The van der Waals surface area contributed by atoms with Gasteiger partial charge in [0, 0.05) is 58.6 Å². The first-order valence-corrected chi connectivity index (χ1v) is 9.62. The van der Waals surface area contributed by atoms with Gasteiger partial charge in [0.15, 0.2) is 0 Å². The quantitative estimate of drug-likeness (QED) is 0.760. The summed E-state index contributed by atoms with van der Waals surface area (Å²) in [6, 6.07) is 0. The Morgan fingerprint density at radius 3 is 2.86 bits per heavy atom. The number of hydrogen-bond donors (Lipinski definition) is 0. The maximum atomic E-state index is 13.4. The summed E-state index contributed by atoms with van der Waals surface area (Å²) >= 11 is 0. The van der Waals surface area contributed by atoms with Crippen molar-refractivity contribution in [3.8, 4) is 0 Å². The Kier molecular flexibility index (Phi) is 4.70. The van der Waals surface area contributed by atoms with Crippen molar-refractivity contribution >= 4 is 11.8 Å². The predicted molar refractivity (Wildman–Crippen MR) is 101 cm³/mol. The lowest BCUT2D eigenvalue weighted by molar-refractivity contribution is -0.134. The number of rotatable bonds is 4. The van der Waals surface area contributed by atoms with E-state index in [2.05, 4.69) is 10.1 Å². The molecule has 0 aromatic carbocycles. The van der Waals surface area contributed by atoms with Crippen molar-refractivity contribution < 1.29 is 14.3 Å². The van der Waals surface area contributed by atoms with Crippen LogP contribution in [0.25, 0.3) is 0 Å². The number of nitrogens with zero attached hydrogens (tertiary/aromatic N) is 6. The fourth-order valence-corrected chi connectivity index (χ4v) is 4.43. The fraction of sp³-hybridized carbons (Fsp3) is 0.579. The van der Waals surface area contributed by atoms with Gasteiger partial charge in [-0.2, -0.15) is 5.10 Å². The summed E-state index contributed by atoms with van der Waals surface area (Å²) in [7, 11) is 3.49. The van der Waals surface area contributed by atoms with E-state index in [-0.39, 0.29) is 18.4 Å². The number of likely N-dealkylation sites (tertiary alicyclic amines) is 1. The molecule has 2 aliphatic heterocycles. The summed E-state index contributed by atoms with van der Waals surface area (Å²) in [6.45, 7) is 4.35. The molecular formula is C19H26N6O3. The molecule has 0 aliphatic carbocycles. The molecule has 2 aromatic rings. The first-order chi connectivity index (χ1) is 13.5. The zero-order chi connectivity index (χ0) is 19.9. The Morgan fingerprint density at radius 1 is 1.32 bits per heavy atom. The van der Waals surface area contributed by atoms with E-state index in [1.165, 1.54) is 7.11 Å². The Labute approximate surface area is 163 Å². The van der Waals surface area contributed by atoms with Crippen molar-refractivity contribution in [3.63, 3.8) is 0 Å². The minimum Gasteiger partial charge on any atom is -0.375 e. The van der Waals surface area contributed by atoms with Crippen LogP contribution in [0.1, 0.15) is 35.1 Å². The van der Waals surface area contributed by atoms with Gasteiger partial charge in [0.05, 0.1) is 23.8 Å².